The normalized spacial score (nSPS) is 10.8. The molecule has 1 heterocycles. The fourth-order valence-electron chi connectivity index (χ4n) is 3.25. The van der Waals surface area contributed by atoms with Crippen molar-refractivity contribution in [3.63, 3.8) is 0 Å². The van der Waals surface area contributed by atoms with E-state index in [2.05, 4.69) is 16.4 Å². The third kappa shape index (κ3) is 4.39. The van der Waals surface area contributed by atoms with E-state index >= 15 is 0 Å². The number of methoxy groups -OCH3 is 1. The summed E-state index contributed by atoms with van der Waals surface area (Å²) in [5.41, 5.74) is 3.77. The zero-order valence-electron chi connectivity index (χ0n) is 16.5. The van der Waals surface area contributed by atoms with Gasteiger partial charge in [0.1, 0.15) is 5.75 Å². The molecule has 0 spiro atoms. The van der Waals surface area contributed by atoms with Crippen molar-refractivity contribution >= 4 is 16.8 Å². The minimum atomic E-state index is -0.119. The van der Waals surface area contributed by atoms with Crippen LogP contribution in [0.3, 0.4) is 0 Å². The van der Waals surface area contributed by atoms with Gasteiger partial charge >= 0.3 is 0 Å². The molecule has 6 heteroatoms. The predicted molar refractivity (Wildman–Crippen MR) is 110 cm³/mol. The molecule has 0 aliphatic carbocycles. The van der Waals surface area contributed by atoms with Crippen LogP contribution in [0.5, 0.6) is 5.75 Å². The molecular formula is C22H25N3O3. The number of fused-ring (bicyclic) bond motifs is 1. The zero-order valence-corrected chi connectivity index (χ0v) is 16.5. The van der Waals surface area contributed by atoms with Gasteiger partial charge in [-0.25, -0.2) is 4.98 Å². The molecule has 0 unspecified atom stereocenters. The second-order valence-corrected chi connectivity index (χ2v) is 6.88. The van der Waals surface area contributed by atoms with Gasteiger partial charge in [0.25, 0.3) is 5.56 Å². The SMILES string of the molecule is COc1ccc(C)cc1CCNC(=O)CCn1cnc2c(C)cccc2c1=O. The molecule has 6 nitrogen and oxygen atoms in total. The molecule has 2 aromatic carbocycles. The van der Waals surface area contributed by atoms with E-state index in [0.29, 0.717) is 30.4 Å². The van der Waals surface area contributed by atoms with E-state index in [9.17, 15) is 9.59 Å². The number of nitrogens with zero attached hydrogens (tertiary/aromatic N) is 2. The number of benzene rings is 2. The third-order valence-corrected chi connectivity index (χ3v) is 4.79. The number of hydrogen-bond acceptors (Lipinski definition) is 4. The van der Waals surface area contributed by atoms with Gasteiger partial charge in [-0.3, -0.25) is 14.2 Å². The van der Waals surface area contributed by atoms with Crippen molar-refractivity contribution < 1.29 is 9.53 Å². The Balaban J connectivity index is 1.57. The summed E-state index contributed by atoms with van der Waals surface area (Å²) in [5, 5.41) is 3.49. The van der Waals surface area contributed by atoms with Gasteiger partial charge in [-0.05, 0) is 43.5 Å². The van der Waals surface area contributed by atoms with Gasteiger partial charge < -0.3 is 10.1 Å². The molecule has 0 aliphatic heterocycles. The Labute approximate surface area is 164 Å². The molecular weight excluding hydrogens is 354 g/mol. The smallest absolute Gasteiger partial charge is 0.261 e. The first-order valence-electron chi connectivity index (χ1n) is 9.34. The average molecular weight is 379 g/mol. The molecule has 0 aliphatic rings. The monoisotopic (exact) mass is 379 g/mol. The third-order valence-electron chi connectivity index (χ3n) is 4.79. The van der Waals surface area contributed by atoms with E-state index in [-0.39, 0.29) is 17.9 Å². The van der Waals surface area contributed by atoms with Crippen LogP contribution in [0.2, 0.25) is 0 Å². The summed E-state index contributed by atoms with van der Waals surface area (Å²) in [4.78, 5) is 29.1. The van der Waals surface area contributed by atoms with Crippen LogP contribution in [0.25, 0.3) is 10.9 Å². The molecule has 0 atom stereocenters. The van der Waals surface area contributed by atoms with E-state index in [1.807, 2.05) is 38.1 Å². The summed E-state index contributed by atoms with van der Waals surface area (Å²) in [5.74, 6) is 0.729. The molecule has 1 N–H and O–H groups in total. The molecule has 0 bridgehead atoms. The van der Waals surface area contributed by atoms with Gasteiger partial charge in [0.15, 0.2) is 0 Å². The minimum Gasteiger partial charge on any atom is -0.496 e. The van der Waals surface area contributed by atoms with E-state index in [1.54, 1.807) is 13.2 Å². The molecule has 1 amide bonds. The lowest BCUT2D eigenvalue weighted by atomic mass is 10.1. The van der Waals surface area contributed by atoms with Crippen LogP contribution >= 0.6 is 0 Å². The van der Waals surface area contributed by atoms with Crippen molar-refractivity contribution in [1.82, 2.24) is 14.9 Å². The van der Waals surface area contributed by atoms with Crippen molar-refractivity contribution in [3.8, 4) is 5.75 Å². The summed E-state index contributed by atoms with van der Waals surface area (Å²) in [7, 11) is 1.64. The summed E-state index contributed by atoms with van der Waals surface area (Å²) >= 11 is 0. The fraction of sp³-hybridized carbons (Fsp3) is 0.318. The van der Waals surface area contributed by atoms with Gasteiger partial charge in [-0.2, -0.15) is 0 Å². The minimum absolute atomic E-state index is 0.0946. The number of aryl methyl sites for hydroxylation is 3. The molecule has 3 rings (SSSR count). The van der Waals surface area contributed by atoms with Crippen LogP contribution in [0.15, 0.2) is 47.5 Å². The first-order valence-corrected chi connectivity index (χ1v) is 9.34. The Kier molecular flexibility index (Phi) is 6.09. The number of hydrogen-bond donors (Lipinski definition) is 1. The van der Waals surface area contributed by atoms with E-state index < -0.39 is 0 Å². The molecule has 146 valence electrons. The molecule has 3 aromatic rings. The number of nitrogens with one attached hydrogen (secondary N) is 1. The molecule has 0 radical (unpaired) electrons. The number of rotatable bonds is 7. The quantitative estimate of drug-likeness (QED) is 0.685. The maximum absolute atomic E-state index is 12.6. The van der Waals surface area contributed by atoms with E-state index in [0.717, 1.165) is 22.4 Å². The number of ether oxygens (including phenoxy) is 1. The second-order valence-electron chi connectivity index (χ2n) is 6.88. The van der Waals surface area contributed by atoms with Crippen LogP contribution in [0.4, 0.5) is 0 Å². The number of aromatic nitrogens is 2. The van der Waals surface area contributed by atoms with E-state index in [1.165, 1.54) is 10.9 Å². The average Bonchev–Trinajstić information content (AvgIpc) is 2.68. The highest BCUT2D eigenvalue weighted by atomic mass is 16.5. The Morgan fingerprint density at radius 1 is 1.21 bits per heavy atom. The first-order chi connectivity index (χ1) is 13.5. The zero-order chi connectivity index (χ0) is 20.1. The van der Waals surface area contributed by atoms with Gasteiger partial charge in [-0.15, -0.1) is 0 Å². The van der Waals surface area contributed by atoms with Crippen LogP contribution in [0.1, 0.15) is 23.1 Å². The van der Waals surface area contributed by atoms with Crippen molar-refractivity contribution in [1.29, 1.82) is 0 Å². The second kappa shape index (κ2) is 8.69. The van der Waals surface area contributed by atoms with Gasteiger partial charge in [0.05, 0.1) is 24.3 Å². The fourth-order valence-corrected chi connectivity index (χ4v) is 3.25. The highest BCUT2D eigenvalue weighted by Gasteiger charge is 2.09. The van der Waals surface area contributed by atoms with Gasteiger partial charge in [0.2, 0.25) is 5.91 Å². The molecule has 0 saturated carbocycles. The summed E-state index contributed by atoms with van der Waals surface area (Å²) in [6.07, 6.45) is 2.43. The number of para-hydroxylation sites is 1. The standard InChI is InChI=1S/C22H25N3O3/c1-15-7-8-19(28-3)17(13-15)9-11-23-20(26)10-12-25-14-24-21-16(2)5-4-6-18(21)22(25)27/h4-8,13-14H,9-12H2,1-3H3,(H,23,26). The Hall–Kier alpha value is -3.15. The van der Waals surface area contributed by atoms with E-state index in [4.69, 9.17) is 4.74 Å². The highest BCUT2D eigenvalue weighted by Crippen LogP contribution is 2.19. The maximum Gasteiger partial charge on any atom is 0.261 e. The number of carbonyl (C=O) groups is 1. The van der Waals surface area contributed by atoms with Gasteiger partial charge in [0, 0.05) is 19.5 Å². The molecule has 1 aromatic heterocycles. The number of carbonyl (C=O) groups excluding carboxylic acids is 1. The van der Waals surface area contributed by atoms with Crippen LogP contribution in [-0.2, 0) is 17.8 Å². The summed E-state index contributed by atoms with van der Waals surface area (Å²) in [6.45, 7) is 4.77. The van der Waals surface area contributed by atoms with Crippen molar-refractivity contribution in [2.24, 2.45) is 0 Å². The lowest BCUT2D eigenvalue weighted by molar-refractivity contribution is -0.121. The summed E-state index contributed by atoms with van der Waals surface area (Å²) < 4.78 is 6.85. The summed E-state index contributed by atoms with van der Waals surface area (Å²) in [6, 6.07) is 11.5. The van der Waals surface area contributed by atoms with Crippen LogP contribution in [0, 0.1) is 13.8 Å². The maximum atomic E-state index is 12.6. The lowest BCUT2D eigenvalue weighted by Gasteiger charge is -2.11. The Bertz CT molecular complexity index is 1060. The molecule has 28 heavy (non-hydrogen) atoms. The van der Waals surface area contributed by atoms with Crippen LogP contribution < -0.4 is 15.6 Å². The van der Waals surface area contributed by atoms with Crippen LogP contribution in [-0.4, -0.2) is 29.1 Å². The largest absolute Gasteiger partial charge is 0.496 e. The lowest BCUT2D eigenvalue weighted by Crippen LogP contribution is -2.29. The highest BCUT2D eigenvalue weighted by molar-refractivity contribution is 5.80. The Morgan fingerprint density at radius 2 is 2.04 bits per heavy atom. The van der Waals surface area contributed by atoms with Gasteiger partial charge in [-0.1, -0.05) is 29.8 Å². The molecule has 0 saturated heterocycles. The van der Waals surface area contributed by atoms with Crippen molar-refractivity contribution in [2.75, 3.05) is 13.7 Å². The van der Waals surface area contributed by atoms with Crippen molar-refractivity contribution in [3.05, 3.63) is 69.8 Å². The number of amides is 1. The molecule has 0 fully saturated rings. The topological polar surface area (TPSA) is 73.2 Å². The first kappa shape index (κ1) is 19.6. The van der Waals surface area contributed by atoms with Crippen molar-refractivity contribution in [2.45, 2.75) is 33.2 Å². The Morgan fingerprint density at radius 3 is 2.82 bits per heavy atom. The predicted octanol–water partition coefficient (Wildman–Crippen LogP) is 2.77.